The first-order valence-electron chi connectivity index (χ1n) is 2.85. The lowest BCUT2D eigenvalue weighted by atomic mass is 9.84. The minimum absolute atomic E-state index is 0.100. The first-order valence-corrected chi connectivity index (χ1v) is 3.81. The van der Waals surface area contributed by atoms with Gasteiger partial charge in [0.2, 0.25) is 0 Å². The van der Waals surface area contributed by atoms with Crippen LogP contribution in [0.2, 0.25) is 0 Å². The summed E-state index contributed by atoms with van der Waals surface area (Å²) in [6.07, 6.45) is 0. The van der Waals surface area contributed by atoms with Gasteiger partial charge >= 0.3 is 0 Å². The van der Waals surface area contributed by atoms with Gasteiger partial charge in [0.25, 0.3) is 0 Å². The highest BCUT2D eigenvalue weighted by Crippen LogP contribution is 2.31. The highest BCUT2D eigenvalue weighted by atomic mass is 127. The van der Waals surface area contributed by atoms with Crippen LogP contribution in [0.1, 0.15) is 0 Å². The van der Waals surface area contributed by atoms with E-state index < -0.39 is 0 Å². The van der Waals surface area contributed by atoms with E-state index in [1.165, 1.54) is 0 Å². The van der Waals surface area contributed by atoms with Gasteiger partial charge < -0.3 is 10.2 Å². The van der Waals surface area contributed by atoms with Crippen molar-refractivity contribution in [3.05, 3.63) is 0 Å². The number of hydrogen-bond acceptors (Lipinski definition) is 3. The summed E-state index contributed by atoms with van der Waals surface area (Å²) in [5.74, 6) is 0. The van der Waals surface area contributed by atoms with E-state index >= 15 is 0 Å². The molecule has 3 nitrogen and oxygen atoms in total. The zero-order valence-corrected chi connectivity index (χ0v) is 7.21. The van der Waals surface area contributed by atoms with Crippen molar-refractivity contribution in [1.82, 2.24) is 3.11 Å². The Balaban J connectivity index is 2.36. The third-order valence-electron chi connectivity index (χ3n) is 1.68. The molecule has 0 aromatic rings. The van der Waals surface area contributed by atoms with Crippen LogP contribution in [0.25, 0.3) is 0 Å². The van der Waals surface area contributed by atoms with E-state index in [-0.39, 0.29) is 18.6 Å². The Morgan fingerprint density at radius 2 is 1.78 bits per heavy atom. The van der Waals surface area contributed by atoms with Gasteiger partial charge in [-0.1, -0.05) is 0 Å². The van der Waals surface area contributed by atoms with Gasteiger partial charge in [0.1, 0.15) is 0 Å². The summed E-state index contributed by atoms with van der Waals surface area (Å²) in [4.78, 5) is 0. The molecular formula is C5H10INO2. The molecule has 0 spiro atoms. The van der Waals surface area contributed by atoms with E-state index in [1.807, 2.05) is 3.11 Å². The van der Waals surface area contributed by atoms with Crippen LogP contribution in [0.5, 0.6) is 0 Å². The Labute approximate surface area is 68.2 Å². The first kappa shape index (κ1) is 7.71. The summed E-state index contributed by atoms with van der Waals surface area (Å²) in [6, 6.07) is 0. The molecule has 1 rings (SSSR count). The second-order valence-electron chi connectivity index (χ2n) is 2.60. The quantitative estimate of drug-likeness (QED) is 0.513. The fourth-order valence-electron chi connectivity index (χ4n) is 0.932. The van der Waals surface area contributed by atoms with Crippen molar-refractivity contribution >= 4 is 22.9 Å². The molecule has 0 aliphatic carbocycles. The number of nitrogens with zero attached hydrogens (tertiary/aromatic N) is 1. The van der Waals surface area contributed by atoms with Crippen LogP contribution >= 0.6 is 22.9 Å². The normalized spacial score (nSPS) is 25.7. The summed E-state index contributed by atoms with van der Waals surface area (Å²) < 4.78 is 2.05. The van der Waals surface area contributed by atoms with Gasteiger partial charge in [-0.3, -0.25) is 0 Å². The molecule has 1 fully saturated rings. The maximum absolute atomic E-state index is 8.76. The van der Waals surface area contributed by atoms with Crippen LogP contribution in [-0.2, 0) is 0 Å². The third kappa shape index (κ3) is 1.36. The Morgan fingerprint density at radius 3 is 1.89 bits per heavy atom. The topological polar surface area (TPSA) is 43.7 Å². The fourth-order valence-corrected chi connectivity index (χ4v) is 2.38. The van der Waals surface area contributed by atoms with Gasteiger partial charge in [0.15, 0.2) is 0 Å². The molecule has 9 heavy (non-hydrogen) atoms. The second kappa shape index (κ2) is 2.69. The number of aliphatic hydroxyl groups excluding tert-OH is 2. The van der Waals surface area contributed by atoms with Crippen molar-refractivity contribution < 1.29 is 10.2 Å². The molecule has 0 radical (unpaired) electrons. The average Bonchev–Trinajstić information content (AvgIpc) is 1.81. The Morgan fingerprint density at radius 1 is 1.33 bits per heavy atom. The molecule has 54 valence electrons. The van der Waals surface area contributed by atoms with Crippen LogP contribution in [0.4, 0.5) is 0 Å². The van der Waals surface area contributed by atoms with E-state index in [1.54, 1.807) is 0 Å². The summed E-state index contributed by atoms with van der Waals surface area (Å²) in [5, 5.41) is 17.5. The van der Waals surface area contributed by atoms with Gasteiger partial charge in [0, 0.05) is 41.4 Å². The van der Waals surface area contributed by atoms with Crippen molar-refractivity contribution in [2.75, 3.05) is 26.3 Å². The van der Waals surface area contributed by atoms with Crippen LogP contribution in [0.3, 0.4) is 0 Å². The van der Waals surface area contributed by atoms with E-state index in [0.29, 0.717) is 0 Å². The third-order valence-corrected chi connectivity index (χ3v) is 2.37. The first-order chi connectivity index (χ1) is 4.22. The molecule has 0 amide bonds. The summed E-state index contributed by atoms with van der Waals surface area (Å²) in [6.45, 7) is 1.81. The molecule has 1 aliphatic rings. The monoisotopic (exact) mass is 243 g/mol. The minimum atomic E-state index is -0.193. The molecule has 1 saturated heterocycles. The van der Waals surface area contributed by atoms with Crippen molar-refractivity contribution in [3.63, 3.8) is 0 Å². The number of hydrogen-bond donors (Lipinski definition) is 2. The average molecular weight is 243 g/mol. The van der Waals surface area contributed by atoms with Gasteiger partial charge in [-0.2, -0.15) is 0 Å². The van der Waals surface area contributed by atoms with Crippen molar-refractivity contribution in [2.45, 2.75) is 0 Å². The smallest absolute Gasteiger partial charge is 0.0534 e. The molecule has 4 heteroatoms. The lowest BCUT2D eigenvalue weighted by Gasteiger charge is -2.44. The van der Waals surface area contributed by atoms with Gasteiger partial charge in [-0.05, 0) is 0 Å². The molecular weight excluding hydrogens is 233 g/mol. The van der Waals surface area contributed by atoms with Crippen molar-refractivity contribution in [3.8, 4) is 0 Å². The van der Waals surface area contributed by atoms with Crippen molar-refractivity contribution in [1.29, 1.82) is 0 Å². The van der Waals surface area contributed by atoms with Crippen LogP contribution in [0.15, 0.2) is 0 Å². The molecule has 0 saturated carbocycles. The molecule has 1 aliphatic heterocycles. The van der Waals surface area contributed by atoms with Gasteiger partial charge in [-0.15, -0.1) is 0 Å². The predicted molar refractivity (Wildman–Crippen MR) is 42.2 cm³/mol. The largest absolute Gasteiger partial charge is 0.396 e. The molecule has 0 atom stereocenters. The molecule has 0 aromatic carbocycles. The van der Waals surface area contributed by atoms with E-state index in [4.69, 9.17) is 10.2 Å². The fraction of sp³-hybridized carbons (Fsp3) is 1.00. The molecule has 1 heterocycles. The maximum Gasteiger partial charge on any atom is 0.0534 e. The van der Waals surface area contributed by atoms with E-state index in [2.05, 4.69) is 22.9 Å². The number of rotatable bonds is 2. The minimum Gasteiger partial charge on any atom is -0.396 e. The highest BCUT2D eigenvalue weighted by molar-refractivity contribution is 14.1. The van der Waals surface area contributed by atoms with Gasteiger partial charge in [0.05, 0.1) is 13.2 Å². The summed E-state index contributed by atoms with van der Waals surface area (Å²) in [7, 11) is 0. The summed E-state index contributed by atoms with van der Waals surface area (Å²) in [5.41, 5.74) is -0.193. The van der Waals surface area contributed by atoms with E-state index in [9.17, 15) is 0 Å². The SMILES string of the molecule is OCC1(CO)CN(I)C1. The zero-order valence-electron chi connectivity index (χ0n) is 5.05. The molecule has 0 aromatic heterocycles. The van der Waals surface area contributed by atoms with Gasteiger partial charge in [-0.25, -0.2) is 3.11 Å². The number of aliphatic hydroxyl groups is 2. The Kier molecular flexibility index (Phi) is 2.31. The highest BCUT2D eigenvalue weighted by Gasteiger charge is 2.40. The zero-order chi connectivity index (χ0) is 6.91. The number of halogens is 1. The Bertz CT molecular complexity index is 97.1. The lowest BCUT2D eigenvalue weighted by Crippen LogP contribution is -2.55. The second-order valence-corrected chi connectivity index (χ2v) is 3.96. The molecule has 0 unspecified atom stereocenters. The van der Waals surface area contributed by atoms with Crippen LogP contribution in [0, 0.1) is 5.41 Å². The van der Waals surface area contributed by atoms with Crippen LogP contribution in [-0.4, -0.2) is 39.6 Å². The van der Waals surface area contributed by atoms with Crippen LogP contribution < -0.4 is 0 Å². The standard InChI is InChI=1S/C5H10INO2/c6-7-1-5(2-7,3-8)4-9/h8-9H,1-4H2. The molecule has 0 bridgehead atoms. The maximum atomic E-state index is 8.76. The predicted octanol–water partition coefficient (Wildman–Crippen LogP) is -0.377. The Hall–Kier alpha value is 0.610. The molecule has 2 N–H and O–H groups in total. The van der Waals surface area contributed by atoms with Crippen molar-refractivity contribution in [2.24, 2.45) is 5.41 Å². The lowest BCUT2D eigenvalue weighted by molar-refractivity contribution is -0.0226. The summed E-state index contributed by atoms with van der Waals surface area (Å²) >= 11 is 2.18. The van der Waals surface area contributed by atoms with E-state index in [0.717, 1.165) is 13.1 Å².